The first-order valence-electron chi connectivity index (χ1n) is 13.4. The van der Waals surface area contributed by atoms with Crippen molar-refractivity contribution < 1.29 is 4.79 Å². The van der Waals surface area contributed by atoms with E-state index in [0.29, 0.717) is 11.3 Å². The van der Waals surface area contributed by atoms with Gasteiger partial charge in [-0.25, -0.2) is 0 Å². The summed E-state index contributed by atoms with van der Waals surface area (Å²) in [6.45, 7) is 4.50. The van der Waals surface area contributed by atoms with E-state index >= 15 is 0 Å². The van der Waals surface area contributed by atoms with Gasteiger partial charge in [0.2, 0.25) is 0 Å². The Morgan fingerprint density at radius 2 is 1.91 bits per heavy atom. The second kappa shape index (κ2) is 8.92. The molecule has 4 fully saturated rings. The molecule has 1 amide bonds. The molecule has 1 aromatic carbocycles. The molecular weight excluding hydrogens is 432 g/mol. The van der Waals surface area contributed by atoms with Gasteiger partial charge in [0.1, 0.15) is 0 Å². The molecule has 2 bridgehead atoms. The van der Waals surface area contributed by atoms with E-state index < -0.39 is 0 Å². The SMILES string of the molecule is Cc1ccc(C(C=NCC23CCC(CC2)CC3)=CN)c(-c2ccc3c(c2)C(=O)N(CC2CC2)C3)n1. The van der Waals surface area contributed by atoms with Crippen LogP contribution in [0.25, 0.3) is 16.8 Å². The fraction of sp³-hybridized carbons (Fsp3) is 0.500. The van der Waals surface area contributed by atoms with Crippen LogP contribution in [-0.2, 0) is 6.54 Å². The molecule has 0 unspecified atom stereocenters. The first-order valence-corrected chi connectivity index (χ1v) is 13.4. The van der Waals surface area contributed by atoms with Gasteiger partial charge < -0.3 is 10.6 Å². The van der Waals surface area contributed by atoms with Crippen molar-refractivity contribution in [3.8, 4) is 11.3 Å². The van der Waals surface area contributed by atoms with Crippen LogP contribution >= 0.6 is 0 Å². The Bertz CT molecular complexity index is 1190. The highest BCUT2D eigenvalue weighted by Gasteiger charge is 2.40. The number of benzene rings is 1. The number of hydrogen-bond acceptors (Lipinski definition) is 4. The molecule has 4 aliphatic carbocycles. The number of aryl methyl sites for hydroxylation is 1. The predicted molar refractivity (Wildman–Crippen MR) is 141 cm³/mol. The normalized spacial score (nSPS) is 26.1. The minimum atomic E-state index is 0.153. The monoisotopic (exact) mass is 468 g/mol. The molecule has 0 atom stereocenters. The second-order valence-corrected chi connectivity index (χ2v) is 11.4. The molecule has 182 valence electrons. The topological polar surface area (TPSA) is 71.6 Å². The van der Waals surface area contributed by atoms with Gasteiger partial charge in [0.25, 0.3) is 5.91 Å². The fourth-order valence-corrected chi connectivity index (χ4v) is 6.39. The number of amides is 1. The molecule has 0 radical (unpaired) electrons. The van der Waals surface area contributed by atoms with Gasteiger partial charge in [-0.2, -0.15) is 0 Å². The quantitative estimate of drug-likeness (QED) is 0.525. The zero-order valence-electron chi connectivity index (χ0n) is 20.8. The predicted octanol–water partition coefficient (Wildman–Crippen LogP) is 5.76. The molecule has 7 rings (SSSR count). The van der Waals surface area contributed by atoms with Crippen LogP contribution < -0.4 is 5.73 Å². The van der Waals surface area contributed by atoms with Crippen molar-refractivity contribution in [3.63, 3.8) is 0 Å². The molecule has 4 saturated carbocycles. The number of pyridine rings is 1. The van der Waals surface area contributed by atoms with Crippen LogP contribution in [0.3, 0.4) is 0 Å². The highest BCUT2D eigenvalue weighted by Crippen LogP contribution is 2.50. The first-order chi connectivity index (χ1) is 17.0. The zero-order chi connectivity index (χ0) is 24.0. The van der Waals surface area contributed by atoms with E-state index in [1.54, 1.807) is 6.20 Å². The lowest BCUT2D eigenvalue weighted by Gasteiger charge is -2.45. The summed E-state index contributed by atoms with van der Waals surface area (Å²) in [7, 11) is 0. The number of nitrogens with two attached hydrogens (primary N) is 1. The number of fused-ring (bicyclic) bond motifs is 4. The lowest BCUT2D eigenvalue weighted by Crippen LogP contribution is -2.36. The molecule has 35 heavy (non-hydrogen) atoms. The summed E-state index contributed by atoms with van der Waals surface area (Å²) in [4.78, 5) is 24.9. The lowest BCUT2D eigenvalue weighted by atomic mass is 9.61. The number of allylic oxidation sites excluding steroid dienone is 1. The van der Waals surface area contributed by atoms with Crippen molar-refractivity contribution in [3.05, 3.63) is 58.9 Å². The van der Waals surface area contributed by atoms with Gasteiger partial charge in [0, 0.05) is 60.0 Å². The number of aliphatic imine (C=N–C) groups is 1. The number of aromatic nitrogens is 1. The van der Waals surface area contributed by atoms with Crippen molar-refractivity contribution in [2.75, 3.05) is 13.1 Å². The highest BCUT2D eigenvalue weighted by molar-refractivity contribution is 6.12. The van der Waals surface area contributed by atoms with Crippen LogP contribution in [0.2, 0.25) is 0 Å². The van der Waals surface area contributed by atoms with E-state index in [0.717, 1.165) is 64.8 Å². The molecule has 2 N–H and O–H groups in total. The number of rotatable bonds is 7. The Morgan fingerprint density at radius 3 is 2.63 bits per heavy atom. The minimum absolute atomic E-state index is 0.153. The van der Waals surface area contributed by atoms with Gasteiger partial charge in [-0.1, -0.05) is 18.2 Å². The lowest BCUT2D eigenvalue weighted by molar-refractivity contribution is 0.0740. The Hall–Kier alpha value is -2.95. The van der Waals surface area contributed by atoms with E-state index in [1.807, 2.05) is 30.2 Å². The summed E-state index contributed by atoms with van der Waals surface area (Å²) < 4.78 is 0. The summed E-state index contributed by atoms with van der Waals surface area (Å²) in [6.07, 6.45) is 14.1. The van der Waals surface area contributed by atoms with Gasteiger partial charge in [-0.05, 0) is 93.2 Å². The maximum absolute atomic E-state index is 13.1. The molecule has 1 aliphatic heterocycles. The van der Waals surface area contributed by atoms with Gasteiger partial charge >= 0.3 is 0 Å². The zero-order valence-corrected chi connectivity index (χ0v) is 20.8. The van der Waals surface area contributed by atoms with Crippen LogP contribution in [0.15, 0.2) is 41.5 Å². The molecular formula is C30H36N4O. The largest absolute Gasteiger partial charge is 0.404 e. The summed E-state index contributed by atoms with van der Waals surface area (Å²) in [5.41, 5.74) is 13.1. The van der Waals surface area contributed by atoms with Gasteiger partial charge in [0.15, 0.2) is 0 Å². The molecule has 1 aromatic heterocycles. The molecule has 5 aliphatic rings. The third-order valence-corrected chi connectivity index (χ3v) is 8.87. The number of hydrogen-bond donors (Lipinski definition) is 1. The Labute approximate surface area is 208 Å². The van der Waals surface area contributed by atoms with E-state index in [1.165, 1.54) is 51.4 Å². The van der Waals surface area contributed by atoms with Crippen molar-refractivity contribution in [2.45, 2.75) is 64.8 Å². The molecule has 0 spiro atoms. The van der Waals surface area contributed by atoms with Gasteiger partial charge in [0.05, 0.1) is 5.69 Å². The van der Waals surface area contributed by atoms with Crippen LogP contribution in [-0.4, -0.2) is 35.1 Å². The molecule has 0 saturated heterocycles. The maximum atomic E-state index is 13.1. The maximum Gasteiger partial charge on any atom is 0.254 e. The van der Waals surface area contributed by atoms with Crippen molar-refractivity contribution in [1.82, 2.24) is 9.88 Å². The summed E-state index contributed by atoms with van der Waals surface area (Å²) >= 11 is 0. The van der Waals surface area contributed by atoms with Crippen molar-refractivity contribution in [2.24, 2.45) is 28.0 Å². The van der Waals surface area contributed by atoms with E-state index in [9.17, 15) is 4.79 Å². The molecule has 5 nitrogen and oxygen atoms in total. The Balaban J connectivity index is 1.26. The standard InChI is InChI=1S/C30H36N4O/c1-20-2-7-26(25(15-31)16-32-19-30-11-8-21(9-12-30)10-13-30)28(33-20)23-5-6-24-18-34(17-22-3-4-22)29(35)27(24)14-23/h2,5-7,14-16,21-22H,3-4,8-13,17-19,31H2,1H3. The van der Waals surface area contributed by atoms with Crippen molar-refractivity contribution in [1.29, 1.82) is 0 Å². The van der Waals surface area contributed by atoms with E-state index in [4.69, 9.17) is 15.7 Å². The van der Waals surface area contributed by atoms with Gasteiger partial charge in [-0.3, -0.25) is 14.8 Å². The smallest absolute Gasteiger partial charge is 0.254 e. The fourth-order valence-electron chi connectivity index (χ4n) is 6.39. The average Bonchev–Trinajstić information content (AvgIpc) is 3.66. The first kappa shape index (κ1) is 22.5. The highest BCUT2D eigenvalue weighted by atomic mass is 16.2. The Kier molecular flexibility index (Phi) is 5.74. The average molecular weight is 469 g/mol. The van der Waals surface area contributed by atoms with Gasteiger partial charge in [-0.15, -0.1) is 0 Å². The third kappa shape index (κ3) is 4.41. The summed E-state index contributed by atoms with van der Waals surface area (Å²) in [5, 5.41) is 0. The number of nitrogens with zero attached hydrogens (tertiary/aromatic N) is 3. The third-order valence-electron chi connectivity index (χ3n) is 8.87. The van der Waals surface area contributed by atoms with Crippen molar-refractivity contribution >= 4 is 17.7 Å². The molecule has 5 heteroatoms. The Morgan fingerprint density at radius 1 is 1.14 bits per heavy atom. The number of carbonyl (C=O) groups is 1. The summed E-state index contributed by atoms with van der Waals surface area (Å²) in [6, 6.07) is 10.3. The van der Waals surface area contributed by atoms with Crippen LogP contribution in [0.4, 0.5) is 0 Å². The van der Waals surface area contributed by atoms with Crippen LogP contribution in [0.1, 0.15) is 78.5 Å². The van der Waals surface area contributed by atoms with Crippen LogP contribution in [0.5, 0.6) is 0 Å². The minimum Gasteiger partial charge on any atom is -0.404 e. The van der Waals surface area contributed by atoms with Crippen LogP contribution in [0, 0.1) is 24.2 Å². The molecule has 2 heterocycles. The number of carbonyl (C=O) groups excluding carboxylic acids is 1. The summed E-state index contributed by atoms with van der Waals surface area (Å²) in [5.74, 6) is 1.81. The molecule has 2 aromatic rings. The second-order valence-electron chi connectivity index (χ2n) is 11.4. The van der Waals surface area contributed by atoms with E-state index in [2.05, 4.69) is 18.2 Å². The van der Waals surface area contributed by atoms with E-state index in [-0.39, 0.29) is 5.91 Å².